The van der Waals surface area contributed by atoms with Gasteiger partial charge >= 0.3 is 0 Å². The lowest BCUT2D eigenvalue weighted by Gasteiger charge is -2.27. The van der Waals surface area contributed by atoms with Crippen molar-refractivity contribution in [2.24, 2.45) is 0 Å². The van der Waals surface area contributed by atoms with Crippen LogP contribution in [0.4, 0.5) is 0 Å². The lowest BCUT2D eigenvalue weighted by atomic mass is 10.1. The van der Waals surface area contributed by atoms with Gasteiger partial charge in [0.1, 0.15) is 5.75 Å². The van der Waals surface area contributed by atoms with Crippen molar-refractivity contribution in [1.82, 2.24) is 19.9 Å². The molecular formula is C24H22N4O2S. The van der Waals surface area contributed by atoms with Crippen molar-refractivity contribution in [2.75, 3.05) is 13.7 Å². The first-order valence-electron chi connectivity index (χ1n) is 10.2. The van der Waals surface area contributed by atoms with Gasteiger partial charge in [0.2, 0.25) is 0 Å². The summed E-state index contributed by atoms with van der Waals surface area (Å²) >= 11 is 1.58. The standard InChI is InChI=1S/C24H22N4O2S/c1-30-18-5-2-4-17(12-18)20-8-7-16(13-25-20)14-28-10-9-21-19(15-28)24(29)27-23(26-21)22-6-3-11-31-22/h2-8,11-13H,9-10,14-15H2,1H3,(H,26,27,29). The van der Waals surface area contributed by atoms with E-state index in [-0.39, 0.29) is 5.56 Å². The Morgan fingerprint density at radius 3 is 2.90 bits per heavy atom. The predicted octanol–water partition coefficient (Wildman–Crippen LogP) is 4.13. The monoisotopic (exact) mass is 430 g/mol. The highest BCUT2D eigenvalue weighted by molar-refractivity contribution is 7.13. The predicted molar refractivity (Wildman–Crippen MR) is 122 cm³/mol. The molecule has 4 heterocycles. The highest BCUT2D eigenvalue weighted by Gasteiger charge is 2.22. The minimum atomic E-state index is -0.0374. The zero-order chi connectivity index (χ0) is 21.2. The second kappa shape index (κ2) is 8.45. The van der Waals surface area contributed by atoms with Gasteiger partial charge in [-0.1, -0.05) is 24.3 Å². The van der Waals surface area contributed by atoms with Crippen molar-refractivity contribution in [3.63, 3.8) is 0 Å². The summed E-state index contributed by atoms with van der Waals surface area (Å²) in [6.45, 7) is 2.21. The number of nitrogens with zero attached hydrogens (tertiary/aromatic N) is 3. The third kappa shape index (κ3) is 4.15. The third-order valence-electron chi connectivity index (χ3n) is 5.50. The largest absolute Gasteiger partial charge is 0.497 e. The van der Waals surface area contributed by atoms with Crippen LogP contribution in [0.2, 0.25) is 0 Å². The van der Waals surface area contributed by atoms with Crippen LogP contribution < -0.4 is 10.3 Å². The first kappa shape index (κ1) is 19.7. The van der Waals surface area contributed by atoms with Gasteiger partial charge in [-0.2, -0.15) is 0 Å². The topological polar surface area (TPSA) is 71.1 Å². The lowest BCUT2D eigenvalue weighted by Crippen LogP contribution is -2.35. The molecule has 0 aliphatic carbocycles. The molecule has 0 saturated heterocycles. The number of rotatable bonds is 5. The fraction of sp³-hybridized carbons (Fsp3) is 0.208. The van der Waals surface area contributed by atoms with E-state index in [0.29, 0.717) is 12.4 Å². The number of H-pyrrole nitrogens is 1. The van der Waals surface area contributed by atoms with Gasteiger partial charge in [0.25, 0.3) is 5.56 Å². The van der Waals surface area contributed by atoms with Crippen molar-refractivity contribution in [2.45, 2.75) is 19.5 Å². The van der Waals surface area contributed by atoms with Gasteiger partial charge in [-0.05, 0) is 35.2 Å². The van der Waals surface area contributed by atoms with Gasteiger partial charge < -0.3 is 9.72 Å². The Bertz CT molecular complexity index is 1250. The normalized spacial score (nSPS) is 13.7. The van der Waals surface area contributed by atoms with Crippen LogP contribution in [0.15, 0.2) is 64.9 Å². The van der Waals surface area contributed by atoms with Gasteiger partial charge in [-0.15, -0.1) is 11.3 Å². The molecule has 1 aromatic carbocycles. The van der Waals surface area contributed by atoms with E-state index >= 15 is 0 Å². The maximum absolute atomic E-state index is 12.7. The van der Waals surface area contributed by atoms with E-state index in [9.17, 15) is 4.79 Å². The van der Waals surface area contributed by atoms with E-state index in [1.54, 1.807) is 18.4 Å². The van der Waals surface area contributed by atoms with E-state index in [1.165, 1.54) is 0 Å². The SMILES string of the molecule is COc1cccc(-c2ccc(CN3CCc4nc(-c5cccs5)[nH]c(=O)c4C3)cn2)c1. The molecule has 7 heteroatoms. The van der Waals surface area contributed by atoms with Crippen LogP contribution in [0.5, 0.6) is 5.75 Å². The molecule has 1 N–H and O–H groups in total. The first-order chi connectivity index (χ1) is 15.2. The molecule has 0 amide bonds. The molecule has 0 unspecified atom stereocenters. The summed E-state index contributed by atoms with van der Waals surface area (Å²) in [7, 11) is 1.66. The molecule has 31 heavy (non-hydrogen) atoms. The van der Waals surface area contributed by atoms with E-state index in [2.05, 4.69) is 20.9 Å². The number of methoxy groups -OCH3 is 1. The van der Waals surface area contributed by atoms with Crippen molar-refractivity contribution >= 4 is 11.3 Å². The molecular weight excluding hydrogens is 408 g/mol. The fourth-order valence-corrected chi connectivity index (χ4v) is 4.54. The molecule has 3 aromatic heterocycles. The summed E-state index contributed by atoms with van der Waals surface area (Å²) in [5.41, 5.74) is 4.70. The molecule has 5 rings (SSSR count). The molecule has 1 aliphatic rings. The zero-order valence-corrected chi connectivity index (χ0v) is 18.0. The Morgan fingerprint density at radius 2 is 2.13 bits per heavy atom. The Hall–Kier alpha value is -3.29. The number of nitrogens with one attached hydrogen (secondary N) is 1. The number of ether oxygens (including phenoxy) is 1. The molecule has 1 aliphatic heterocycles. The van der Waals surface area contributed by atoms with E-state index in [4.69, 9.17) is 9.72 Å². The fourth-order valence-electron chi connectivity index (χ4n) is 3.88. The smallest absolute Gasteiger partial charge is 0.255 e. The van der Waals surface area contributed by atoms with E-state index in [1.807, 2.05) is 54.0 Å². The maximum atomic E-state index is 12.7. The molecule has 0 spiro atoms. The van der Waals surface area contributed by atoms with Crippen LogP contribution in [0.3, 0.4) is 0 Å². The minimum absolute atomic E-state index is 0.0374. The Labute approximate surface area is 184 Å². The van der Waals surface area contributed by atoms with Crippen LogP contribution in [-0.2, 0) is 19.5 Å². The van der Waals surface area contributed by atoms with Crippen LogP contribution in [0.1, 0.15) is 16.8 Å². The van der Waals surface area contributed by atoms with Crippen molar-refractivity contribution < 1.29 is 4.74 Å². The molecule has 0 bridgehead atoms. The number of hydrogen-bond acceptors (Lipinski definition) is 6. The quantitative estimate of drug-likeness (QED) is 0.516. The van der Waals surface area contributed by atoms with Crippen LogP contribution in [0.25, 0.3) is 22.0 Å². The second-order valence-electron chi connectivity index (χ2n) is 7.56. The van der Waals surface area contributed by atoms with Crippen LogP contribution >= 0.6 is 11.3 Å². The van der Waals surface area contributed by atoms with Gasteiger partial charge in [-0.25, -0.2) is 4.98 Å². The molecule has 6 nitrogen and oxygen atoms in total. The number of aromatic nitrogens is 3. The van der Waals surface area contributed by atoms with Gasteiger partial charge in [0.15, 0.2) is 5.82 Å². The molecule has 0 saturated carbocycles. The number of pyridine rings is 1. The summed E-state index contributed by atoms with van der Waals surface area (Å²) in [6, 6.07) is 16.0. The van der Waals surface area contributed by atoms with Gasteiger partial charge in [0, 0.05) is 37.8 Å². The minimum Gasteiger partial charge on any atom is -0.497 e. The summed E-state index contributed by atoms with van der Waals surface area (Å²) in [4.78, 5) is 28.3. The summed E-state index contributed by atoms with van der Waals surface area (Å²) in [6.07, 6.45) is 2.68. The Balaban J connectivity index is 1.30. The third-order valence-corrected chi connectivity index (χ3v) is 6.38. The zero-order valence-electron chi connectivity index (χ0n) is 17.2. The van der Waals surface area contributed by atoms with Crippen LogP contribution in [0, 0.1) is 0 Å². The number of hydrogen-bond donors (Lipinski definition) is 1. The van der Waals surface area contributed by atoms with Crippen molar-refractivity contribution in [3.8, 4) is 27.7 Å². The summed E-state index contributed by atoms with van der Waals surface area (Å²) < 4.78 is 5.30. The van der Waals surface area contributed by atoms with Crippen molar-refractivity contribution in [3.05, 3.63) is 87.3 Å². The summed E-state index contributed by atoms with van der Waals surface area (Å²) in [5.74, 6) is 1.49. The maximum Gasteiger partial charge on any atom is 0.255 e. The Morgan fingerprint density at radius 1 is 1.19 bits per heavy atom. The molecule has 4 aromatic rings. The second-order valence-corrected chi connectivity index (χ2v) is 8.51. The van der Waals surface area contributed by atoms with Crippen molar-refractivity contribution in [1.29, 1.82) is 0 Å². The molecule has 0 radical (unpaired) electrons. The number of fused-ring (bicyclic) bond motifs is 1. The van der Waals surface area contributed by atoms with Crippen LogP contribution in [-0.4, -0.2) is 33.5 Å². The Kier molecular flexibility index (Phi) is 5.36. The average molecular weight is 431 g/mol. The number of thiophene rings is 1. The first-order valence-corrected chi connectivity index (χ1v) is 11.1. The number of benzene rings is 1. The highest BCUT2D eigenvalue weighted by Crippen LogP contribution is 2.24. The van der Waals surface area contributed by atoms with Gasteiger partial charge in [-0.3, -0.25) is 14.7 Å². The van der Waals surface area contributed by atoms with E-state index < -0.39 is 0 Å². The number of aromatic amines is 1. The average Bonchev–Trinajstić information content (AvgIpc) is 3.35. The van der Waals surface area contributed by atoms with Gasteiger partial charge in [0.05, 0.1) is 28.9 Å². The molecule has 156 valence electrons. The summed E-state index contributed by atoms with van der Waals surface area (Å²) in [5, 5.41) is 1.99. The van der Waals surface area contributed by atoms with E-state index in [0.717, 1.165) is 58.2 Å². The molecule has 0 atom stereocenters. The molecule has 0 fully saturated rings. The highest BCUT2D eigenvalue weighted by atomic mass is 32.1. The lowest BCUT2D eigenvalue weighted by molar-refractivity contribution is 0.241.